The molecule has 1 atom stereocenters. The summed E-state index contributed by atoms with van der Waals surface area (Å²) >= 11 is 0. The van der Waals surface area contributed by atoms with E-state index < -0.39 is 11.9 Å². The molecule has 0 spiro atoms. The largest absolute Gasteiger partial charge is 0.481 e. The van der Waals surface area contributed by atoms with E-state index in [1.165, 1.54) is 5.56 Å². The number of carboxylic acids is 1. The molecule has 3 rings (SSSR count). The van der Waals surface area contributed by atoms with Gasteiger partial charge in [-0.25, -0.2) is 0 Å². The normalized spacial score (nSPS) is 23.6. The summed E-state index contributed by atoms with van der Waals surface area (Å²) < 4.78 is 0. The smallest absolute Gasteiger partial charge is 0.308 e. The summed E-state index contributed by atoms with van der Waals surface area (Å²) in [4.78, 5) is 26.0. The Morgan fingerprint density at radius 3 is 2.50 bits per heavy atom. The van der Waals surface area contributed by atoms with Gasteiger partial charge in [-0.1, -0.05) is 36.8 Å². The van der Waals surface area contributed by atoms with Crippen molar-refractivity contribution in [1.29, 1.82) is 0 Å². The summed E-state index contributed by atoms with van der Waals surface area (Å²) in [5.41, 5.74) is 0.907. The molecule has 0 radical (unpaired) electrons. The van der Waals surface area contributed by atoms with Crippen molar-refractivity contribution in [1.82, 2.24) is 4.90 Å². The van der Waals surface area contributed by atoms with Gasteiger partial charge in [0, 0.05) is 13.1 Å². The number of aliphatic carboxylic acids is 1. The van der Waals surface area contributed by atoms with Gasteiger partial charge in [0.1, 0.15) is 0 Å². The molecule has 4 heteroatoms. The van der Waals surface area contributed by atoms with Crippen molar-refractivity contribution >= 4 is 11.9 Å². The second kappa shape index (κ2) is 6.11. The Hall–Kier alpha value is -1.84. The predicted octanol–water partition coefficient (Wildman–Crippen LogP) is 2.72. The van der Waals surface area contributed by atoms with Gasteiger partial charge in [-0.05, 0) is 37.7 Å². The van der Waals surface area contributed by atoms with Crippen LogP contribution in [0.4, 0.5) is 0 Å². The number of carboxylic acid groups (broad SMARTS) is 1. The first kappa shape index (κ1) is 15.1. The summed E-state index contributed by atoms with van der Waals surface area (Å²) in [6.07, 6.45) is 5.20. The first-order chi connectivity index (χ1) is 10.6. The van der Waals surface area contributed by atoms with Gasteiger partial charge in [-0.2, -0.15) is 0 Å². The molecule has 1 saturated heterocycles. The van der Waals surface area contributed by atoms with Crippen LogP contribution in [0.1, 0.15) is 37.7 Å². The van der Waals surface area contributed by atoms with Crippen molar-refractivity contribution in [2.45, 2.75) is 38.5 Å². The van der Waals surface area contributed by atoms with Gasteiger partial charge in [0.05, 0.1) is 11.3 Å². The number of carbonyl (C=O) groups is 2. The average Bonchev–Trinajstić information content (AvgIpc) is 2.51. The van der Waals surface area contributed by atoms with Gasteiger partial charge in [-0.3, -0.25) is 9.59 Å². The van der Waals surface area contributed by atoms with Crippen molar-refractivity contribution in [3.63, 3.8) is 0 Å². The van der Waals surface area contributed by atoms with E-state index in [1.54, 1.807) is 0 Å². The summed E-state index contributed by atoms with van der Waals surface area (Å²) in [5, 5.41) is 9.21. The van der Waals surface area contributed by atoms with Crippen molar-refractivity contribution < 1.29 is 14.7 Å². The Morgan fingerprint density at radius 1 is 1.18 bits per heavy atom. The molecule has 1 heterocycles. The van der Waals surface area contributed by atoms with Crippen LogP contribution >= 0.6 is 0 Å². The van der Waals surface area contributed by atoms with E-state index in [1.807, 2.05) is 23.1 Å². The van der Waals surface area contributed by atoms with E-state index >= 15 is 0 Å². The molecule has 118 valence electrons. The van der Waals surface area contributed by atoms with E-state index in [0.717, 1.165) is 32.1 Å². The van der Waals surface area contributed by atoms with E-state index in [4.69, 9.17) is 0 Å². The quantitative estimate of drug-likeness (QED) is 0.930. The Morgan fingerprint density at radius 2 is 1.91 bits per heavy atom. The molecule has 22 heavy (non-hydrogen) atoms. The maximum Gasteiger partial charge on any atom is 0.308 e. The molecular weight excluding hydrogens is 278 g/mol. The van der Waals surface area contributed by atoms with Crippen LogP contribution in [0.2, 0.25) is 0 Å². The number of benzene rings is 1. The molecule has 1 N–H and O–H groups in total. The highest BCUT2D eigenvalue weighted by Gasteiger charge is 2.47. The summed E-state index contributed by atoms with van der Waals surface area (Å²) in [6.45, 7) is 1.09. The number of hydrogen-bond donors (Lipinski definition) is 1. The third-order valence-electron chi connectivity index (χ3n) is 5.21. The first-order valence-corrected chi connectivity index (χ1v) is 8.17. The van der Waals surface area contributed by atoms with Crippen LogP contribution < -0.4 is 0 Å². The first-order valence-electron chi connectivity index (χ1n) is 8.17. The van der Waals surface area contributed by atoms with Crippen LogP contribution in [0, 0.1) is 11.3 Å². The third-order valence-corrected chi connectivity index (χ3v) is 5.21. The predicted molar refractivity (Wildman–Crippen MR) is 83.4 cm³/mol. The van der Waals surface area contributed by atoms with Crippen molar-refractivity contribution in [2.75, 3.05) is 13.1 Å². The highest BCUT2D eigenvalue weighted by Crippen LogP contribution is 2.45. The molecule has 0 unspecified atom stereocenters. The topological polar surface area (TPSA) is 57.6 Å². The Bertz CT molecular complexity index is 551. The lowest BCUT2D eigenvalue weighted by Gasteiger charge is -2.45. The molecular formula is C18H23NO3. The molecule has 1 aliphatic heterocycles. The van der Waals surface area contributed by atoms with E-state index in [2.05, 4.69) is 12.1 Å². The fourth-order valence-corrected chi connectivity index (χ4v) is 3.75. The fourth-order valence-electron chi connectivity index (χ4n) is 3.75. The molecule has 1 amide bonds. The maximum absolute atomic E-state index is 13.0. The second-order valence-electron chi connectivity index (χ2n) is 6.72. The molecule has 0 aromatic heterocycles. The SMILES string of the molecule is O=C(O)[C@H]1CCCN(C(=O)C2(Cc3ccccc3)CCC2)C1. The van der Waals surface area contributed by atoms with Gasteiger partial charge in [0.25, 0.3) is 0 Å². The van der Waals surface area contributed by atoms with Crippen molar-refractivity contribution in [3.8, 4) is 0 Å². The zero-order chi connectivity index (χ0) is 15.6. The minimum atomic E-state index is -0.775. The van der Waals surface area contributed by atoms with E-state index in [9.17, 15) is 14.7 Å². The number of nitrogens with zero attached hydrogens (tertiary/aromatic N) is 1. The lowest BCUT2D eigenvalue weighted by atomic mass is 9.64. The molecule has 2 fully saturated rings. The molecule has 0 bridgehead atoms. The second-order valence-corrected chi connectivity index (χ2v) is 6.72. The average molecular weight is 301 g/mol. The van der Waals surface area contributed by atoms with Crippen LogP contribution in [-0.2, 0) is 16.0 Å². The minimum absolute atomic E-state index is 0.175. The number of amides is 1. The Kier molecular flexibility index (Phi) is 4.19. The monoisotopic (exact) mass is 301 g/mol. The van der Waals surface area contributed by atoms with Gasteiger partial charge >= 0.3 is 5.97 Å². The number of rotatable bonds is 4. The standard InChI is InChI=1S/C18H23NO3/c20-16(21)15-8-4-11-19(13-15)17(22)18(9-5-10-18)12-14-6-2-1-3-7-14/h1-3,6-7,15H,4-5,8-13H2,(H,20,21)/t15-/m0/s1. The Labute approximate surface area is 131 Å². The number of carbonyl (C=O) groups excluding carboxylic acids is 1. The lowest BCUT2D eigenvalue weighted by Crippen LogP contribution is -2.52. The molecule has 4 nitrogen and oxygen atoms in total. The summed E-state index contributed by atoms with van der Waals surface area (Å²) in [6, 6.07) is 10.1. The molecule has 1 aliphatic carbocycles. The van der Waals surface area contributed by atoms with Gasteiger partial charge < -0.3 is 10.0 Å². The number of hydrogen-bond acceptors (Lipinski definition) is 2. The summed E-state index contributed by atoms with van der Waals surface area (Å²) in [7, 11) is 0. The minimum Gasteiger partial charge on any atom is -0.481 e. The zero-order valence-electron chi connectivity index (χ0n) is 12.8. The van der Waals surface area contributed by atoms with Crippen LogP contribution in [0.5, 0.6) is 0 Å². The van der Waals surface area contributed by atoms with Gasteiger partial charge in [0.15, 0.2) is 0 Å². The molecule has 1 saturated carbocycles. The lowest BCUT2D eigenvalue weighted by molar-refractivity contribution is -0.153. The van der Waals surface area contributed by atoms with E-state index in [-0.39, 0.29) is 11.3 Å². The molecule has 1 aromatic carbocycles. The fraction of sp³-hybridized carbons (Fsp3) is 0.556. The third kappa shape index (κ3) is 2.87. The highest BCUT2D eigenvalue weighted by atomic mass is 16.4. The van der Waals surface area contributed by atoms with Gasteiger partial charge in [-0.15, -0.1) is 0 Å². The maximum atomic E-state index is 13.0. The van der Waals surface area contributed by atoms with Crippen molar-refractivity contribution in [2.24, 2.45) is 11.3 Å². The van der Waals surface area contributed by atoms with Crippen LogP contribution in [0.3, 0.4) is 0 Å². The van der Waals surface area contributed by atoms with E-state index in [0.29, 0.717) is 19.5 Å². The summed E-state index contributed by atoms with van der Waals surface area (Å²) in [5.74, 6) is -0.997. The van der Waals surface area contributed by atoms with Gasteiger partial charge in [0.2, 0.25) is 5.91 Å². The van der Waals surface area contributed by atoms with Crippen molar-refractivity contribution in [3.05, 3.63) is 35.9 Å². The number of piperidine rings is 1. The zero-order valence-corrected chi connectivity index (χ0v) is 12.8. The molecule has 2 aliphatic rings. The number of likely N-dealkylation sites (tertiary alicyclic amines) is 1. The highest BCUT2D eigenvalue weighted by molar-refractivity contribution is 5.84. The molecule has 1 aromatic rings. The van der Waals surface area contributed by atoms with Crippen LogP contribution in [0.25, 0.3) is 0 Å². The Balaban J connectivity index is 1.72. The van der Waals surface area contributed by atoms with Crippen LogP contribution in [0.15, 0.2) is 30.3 Å². The van der Waals surface area contributed by atoms with Crippen LogP contribution in [-0.4, -0.2) is 35.0 Å².